The molecule has 4 atom stereocenters. The van der Waals surface area contributed by atoms with Gasteiger partial charge in [-0.25, -0.2) is 4.79 Å². The lowest BCUT2D eigenvalue weighted by Gasteiger charge is -2.43. The van der Waals surface area contributed by atoms with Crippen molar-refractivity contribution in [3.05, 3.63) is 74.9 Å². The van der Waals surface area contributed by atoms with Gasteiger partial charge in [-0.3, -0.25) is 14.4 Å². The van der Waals surface area contributed by atoms with Crippen molar-refractivity contribution in [1.82, 2.24) is 0 Å². The van der Waals surface area contributed by atoms with E-state index in [1.807, 2.05) is 0 Å². The number of ketones is 3. The van der Waals surface area contributed by atoms with Gasteiger partial charge in [-0.15, -0.1) is 0 Å². The third kappa shape index (κ3) is 2.83. The monoisotopic (exact) mass is 572 g/mol. The summed E-state index contributed by atoms with van der Waals surface area (Å²) in [6.07, 6.45) is 0.757. The zero-order chi connectivity index (χ0) is 30.0. The highest BCUT2D eigenvalue weighted by Crippen LogP contribution is 2.59. The Balaban J connectivity index is 1.50. The minimum absolute atomic E-state index is 0.0176. The Bertz CT molecular complexity index is 1830. The van der Waals surface area contributed by atoms with Crippen LogP contribution in [0.5, 0.6) is 17.2 Å². The molecule has 1 saturated carbocycles. The molecule has 8 rings (SSSR count). The second-order valence-electron chi connectivity index (χ2n) is 11.3. The number of phenols is 2. The van der Waals surface area contributed by atoms with Crippen LogP contribution in [0.1, 0.15) is 56.9 Å². The smallest absolute Gasteiger partial charge is 0.358 e. The quantitative estimate of drug-likeness (QED) is 0.250. The van der Waals surface area contributed by atoms with Crippen molar-refractivity contribution in [1.29, 1.82) is 0 Å². The molecule has 0 radical (unpaired) electrons. The van der Waals surface area contributed by atoms with E-state index in [0.29, 0.717) is 5.56 Å². The van der Waals surface area contributed by atoms with E-state index in [4.69, 9.17) is 9.47 Å². The van der Waals surface area contributed by atoms with Gasteiger partial charge in [-0.2, -0.15) is 0 Å². The number of phenolic OH excluding ortho intramolecular Hbond substituents is 2. The predicted octanol–water partition coefficient (Wildman–Crippen LogP) is 2.63. The van der Waals surface area contributed by atoms with Gasteiger partial charge in [0.25, 0.3) is 5.60 Å². The van der Waals surface area contributed by atoms with Crippen LogP contribution < -0.4 is 4.74 Å². The van der Waals surface area contributed by atoms with Gasteiger partial charge in [0.05, 0.1) is 35.2 Å². The molecular formula is C31H24O11. The minimum Gasteiger partial charge on any atom is -0.507 e. The first kappa shape index (κ1) is 26.0. The molecule has 42 heavy (non-hydrogen) atoms. The number of aryl methyl sites for hydroxylation is 1. The number of carbonyl (C=O) groups excluding carboxylic acids is 4. The second-order valence-corrected chi connectivity index (χ2v) is 11.3. The van der Waals surface area contributed by atoms with Crippen LogP contribution in [0.15, 0.2) is 41.5 Å². The average molecular weight is 573 g/mol. The summed E-state index contributed by atoms with van der Waals surface area (Å²) < 4.78 is 10.9. The molecule has 2 aromatic carbocycles. The van der Waals surface area contributed by atoms with Gasteiger partial charge >= 0.3 is 5.97 Å². The van der Waals surface area contributed by atoms with Crippen molar-refractivity contribution < 1.29 is 54.2 Å². The standard InChI is InChI=1S/C31H24O11/c1-11-7-14-20(16(33)8-11)26(37)23-24(35)13-5-6-30(23,28(14)39)10-12-9-17-21(25(36)19(12)13)27(38)22-15(32)3-4-18(34)31(22,42-17)29(40)41-2/h5-9,13,18,33-34,36-38H,3-4,10H2,1-2H3. The number of Topliss-reactive ketones (excluding diaryl/α,β-unsaturated/α-hetero) is 3. The van der Waals surface area contributed by atoms with Crippen molar-refractivity contribution in [3.8, 4) is 17.2 Å². The molecule has 0 saturated heterocycles. The van der Waals surface area contributed by atoms with Crippen LogP contribution >= 0.6 is 0 Å². The number of esters is 1. The summed E-state index contributed by atoms with van der Waals surface area (Å²) in [6.45, 7) is 1.67. The van der Waals surface area contributed by atoms with Crippen molar-refractivity contribution in [2.24, 2.45) is 5.41 Å². The Labute approximate surface area is 237 Å². The third-order valence-corrected chi connectivity index (χ3v) is 9.10. The highest BCUT2D eigenvalue weighted by atomic mass is 16.6. The molecule has 0 amide bonds. The topological polar surface area (TPSA) is 188 Å². The van der Waals surface area contributed by atoms with E-state index in [9.17, 15) is 44.7 Å². The molecule has 1 fully saturated rings. The highest BCUT2D eigenvalue weighted by Gasteiger charge is 2.62. The lowest BCUT2D eigenvalue weighted by atomic mass is 9.62. The third-order valence-electron chi connectivity index (χ3n) is 9.10. The number of methoxy groups -OCH3 is 1. The SMILES string of the molecule is COC(=O)C12Oc3cc4c(c(O)c3C(O)=C1C(=O)CCC2O)C1C=CC2(C4)C(=O)c3cc(C)cc(O)c3C(O)=C2C1=O. The number of carbonyl (C=O) groups is 4. The van der Waals surface area contributed by atoms with E-state index in [1.165, 1.54) is 30.4 Å². The van der Waals surface area contributed by atoms with Gasteiger partial charge < -0.3 is 35.0 Å². The maximum absolute atomic E-state index is 14.1. The Kier molecular flexibility index (Phi) is 5.02. The summed E-state index contributed by atoms with van der Waals surface area (Å²) >= 11 is 0. The van der Waals surface area contributed by atoms with E-state index in [1.54, 1.807) is 6.92 Å². The lowest BCUT2D eigenvalue weighted by molar-refractivity contribution is -0.169. The van der Waals surface area contributed by atoms with Crippen LogP contribution in [0.3, 0.4) is 0 Å². The van der Waals surface area contributed by atoms with Crippen LogP contribution in [-0.2, 0) is 25.5 Å². The van der Waals surface area contributed by atoms with Gasteiger partial charge in [0.2, 0.25) is 0 Å². The fraction of sp³-hybridized carbons (Fsp3) is 0.290. The van der Waals surface area contributed by atoms with Crippen LogP contribution in [0, 0.1) is 12.3 Å². The summed E-state index contributed by atoms with van der Waals surface area (Å²) in [5.74, 6) is -6.91. The molecule has 1 heterocycles. The zero-order valence-corrected chi connectivity index (χ0v) is 22.3. The van der Waals surface area contributed by atoms with E-state index in [0.717, 1.165) is 7.11 Å². The number of rotatable bonds is 1. The van der Waals surface area contributed by atoms with Crippen molar-refractivity contribution >= 4 is 34.8 Å². The van der Waals surface area contributed by atoms with Gasteiger partial charge in [-0.05, 0) is 49.1 Å². The maximum Gasteiger partial charge on any atom is 0.358 e. The summed E-state index contributed by atoms with van der Waals surface area (Å²) in [6, 6.07) is 4.22. The zero-order valence-electron chi connectivity index (χ0n) is 22.3. The molecule has 214 valence electrons. The number of ether oxygens (including phenoxy) is 2. The number of aliphatic hydroxyl groups excluding tert-OH is 3. The summed E-state index contributed by atoms with van der Waals surface area (Å²) in [5, 5.41) is 55.8. The van der Waals surface area contributed by atoms with E-state index >= 15 is 0 Å². The molecule has 0 aromatic heterocycles. The molecule has 2 bridgehead atoms. The first-order valence-corrected chi connectivity index (χ1v) is 13.3. The van der Waals surface area contributed by atoms with E-state index in [-0.39, 0.29) is 64.2 Å². The summed E-state index contributed by atoms with van der Waals surface area (Å²) in [5.41, 5.74) is -4.61. The molecule has 1 aliphatic heterocycles. The van der Waals surface area contributed by atoms with Crippen molar-refractivity contribution in [2.75, 3.05) is 7.11 Å². The Hall–Kier alpha value is -4.90. The van der Waals surface area contributed by atoms with Crippen molar-refractivity contribution in [2.45, 2.75) is 43.8 Å². The molecule has 2 aromatic rings. The molecular weight excluding hydrogens is 548 g/mol. The first-order valence-electron chi connectivity index (χ1n) is 13.3. The van der Waals surface area contributed by atoms with E-state index in [2.05, 4.69) is 0 Å². The fourth-order valence-corrected chi connectivity index (χ4v) is 7.28. The highest BCUT2D eigenvalue weighted by molar-refractivity contribution is 6.23. The van der Waals surface area contributed by atoms with Crippen LogP contribution in [0.2, 0.25) is 0 Å². The molecule has 5 aliphatic carbocycles. The molecule has 6 aliphatic rings. The van der Waals surface area contributed by atoms with Gasteiger partial charge in [-0.1, -0.05) is 12.2 Å². The van der Waals surface area contributed by atoms with Crippen LogP contribution in [0.25, 0.3) is 11.5 Å². The molecule has 11 nitrogen and oxygen atoms in total. The lowest BCUT2D eigenvalue weighted by Crippen LogP contribution is -2.61. The van der Waals surface area contributed by atoms with Crippen molar-refractivity contribution in [3.63, 3.8) is 0 Å². The average Bonchev–Trinajstić information content (AvgIpc) is 3.16. The Morgan fingerprint density at radius 3 is 2.45 bits per heavy atom. The van der Waals surface area contributed by atoms with Crippen LogP contribution in [-0.4, -0.2) is 67.7 Å². The van der Waals surface area contributed by atoms with Crippen LogP contribution in [0.4, 0.5) is 0 Å². The number of aliphatic hydroxyl groups is 3. The summed E-state index contributed by atoms with van der Waals surface area (Å²) in [4.78, 5) is 54.1. The van der Waals surface area contributed by atoms with E-state index < -0.39 is 69.2 Å². The molecule has 11 heteroatoms. The normalized spacial score (nSPS) is 28.8. The number of benzene rings is 2. The predicted molar refractivity (Wildman–Crippen MR) is 143 cm³/mol. The number of hydrogen-bond acceptors (Lipinski definition) is 11. The number of hydrogen-bond donors (Lipinski definition) is 5. The Morgan fingerprint density at radius 1 is 1.02 bits per heavy atom. The second kappa shape index (κ2) is 8.10. The molecule has 1 spiro atoms. The molecule has 4 unspecified atom stereocenters. The fourth-order valence-electron chi connectivity index (χ4n) is 7.28. The van der Waals surface area contributed by atoms with Gasteiger partial charge in [0, 0.05) is 17.5 Å². The Morgan fingerprint density at radius 2 is 1.74 bits per heavy atom. The van der Waals surface area contributed by atoms with Gasteiger partial charge in [0.1, 0.15) is 40.4 Å². The number of allylic oxidation sites excluding steroid dienone is 3. The maximum atomic E-state index is 14.1. The molecule has 5 N–H and O–H groups in total. The number of fused-ring (bicyclic) bond motifs is 3. The summed E-state index contributed by atoms with van der Waals surface area (Å²) in [7, 11) is 1.03. The first-order chi connectivity index (χ1) is 19.9. The van der Waals surface area contributed by atoms with Gasteiger partial charge in [0.15, 0.2) is 17.3 Å². The number of aromatic hydroxyl groups is 2. The largest absolute Gasteiger partial charge is 0.507 e. The minimum atomic E-state index is -2.41.